The molecule has 4 heteroatoms. The van der Waals surface area contributed by atoms with E-state index in [4.69, 9.17) is 9.47 Å². The summed E-state index contributed by atoms with van der Waals surface area (Å²) in [4.78, 5) is 2.41. The summed E-state index contributed by atoms with van der Waals surface area (Å²) in [6, 6.07) is 15.3. The van der Waals surface area contributed by atoms with Crippen LogP contribution in [0.25, 0.3) is 0 Å². The third-order valence-corrected chi connectivity index (χ3v) is 6.42. The molecule has 1 fully saturated rings. The number of likely N-dealkylation sites (tertiary alicyclic amines) is 1. The molecule has 1 N–H and O–H groups in total. The minimum atomic E-state index is -0.0363. The van der Waals surface area contributed by atoms with Crippen LogP contribution in [0.1, 0.15) is 55.3 Å². The zero-order valence-electron chi connectivity index (χ0n) is 18.0. The van der Waals surface area contributed by atoms with E-state index in [1.165, 1.54) is 16.7 Å². The molecule has 4 nitrogen and oxygen atoms in total. The number of ether oxygens (including phenoxy) is 2. The molecule has 2 aliphatic heterocycles. The SMILES string of the molecule is CCCOc1ccc(CNC2CC3(CCN(C)CC3)Oc3ccccc32)c(C)c1. The van der Waals surface area contributed by atoms with Crippen LogP contribution in [0.2, 0.25) is 0 Å². The summed E-state index contributed by atoms with van der Waals surface area (Å²) in [6.07, 6.45) is 4.26. The molecular weight excluding hydrogens is 360 g/mol. The van der Waals surface area contributed by atoms with Gasteiger partial charge in [-0.1, -0.05) is 31.2 Å². The third kappa shape index (κ3) is 4.59. The molecule has 4 rings (SSSR count). The molecule has 1 spiro atoms. The van der Waals surface area contributed by atoms with E-state index in [0.717, 1.165) is 63.4 Å². The standard InChI is InChI=1S/C25H34N2O2/c1-4-15-28-21-10-9-20(19(2)16-21)18-26-23-17-25(11-13-27(3)14-12-25)29-24-8-6-5-7-22(23)24/h5-10,16,23,26H,4,11-15,17-18H2,1-3H3. The maximum atomic E-state index is 6.58. The van der Waals surface area contributed by atoms with E-state index in [-0.39, 0.29) is 5.60 Å². The van der Waals surface area contributed by atoms with E-state index < -0.39 is 0 Å². The van der Waals surface area contributed by atoms with Gasteiger partial charge in [0, 0.05) is 37.7 Å². The van der Waals surface area contributed by atoms with E-state index in [9.17, 15) is 0 Å². The summed E-state index contributed by atoms with van der Waals surface area (Å²) in [5, 5.41) is 3.85. The molecule has 2 aromatic carbocycles. The fourth-order valence-corrected chi connectivity index (χ4v) is 4.54. The van der Waals surface area contributed by atoms with Gasteiger partial charge in [0.1, 0.15) is 17.1 Å². The molecule has 0 aliphatic carbocycles. The second-order valence-electron chi connectivity index (χ2n) is 8.70. The van der Waals surface area contributed by atoms with Crippen LogP contribution >= 0.6 is 0 Å². The van der Waals surface area contributed by atoms with Crippen molar-refractivity contribution in [2.75, 3.05) is 26.7 Å². The first-order valence-electron chi connectivity index (χ1n) is 11.0. The lowest BCUT2D eigenvalue weighted by Crippen LogP contribution is -2.51. The molecule has 2 heterocycles. The number of nitrogens with one attached hydrogen (secondary N) is 1. The monoisotopic (exact) mass is 394 g/mol. The van der Waals surface area contributed by atoms with Crippen molar-refractivity contribution in [3.8, 4) is 11.5 Å². The number of para-hydroxylation sites is 1. The second-order valence-corrected chi connectivity index (χ2v) is 8.70. The summed E-state index contributed by atoms with van der Waals surface area (Å²) in [5.74, 6) is 2.02. The summed E-state index contributed by atoms with van der Waals surface area (Å²) >= 11 is 0. The normalized spacial score (nSPS) is 20.9. The van der Waals surface area contributed by atoms with Crippen molar-refractivity contribution in [1.29, 1.82) is 0 Å². The molecule has 0 amide bonds. The van der Waals surface area contributed by atoms with E-state index in [2.05, 4.69) is 73.6 Å². The van der Waals surface area contributed by atoms with Crippen LogP contribution in [0, 0.1) is 6.92 Å². The van der Waals surface area contributed by atoms with Gasteiger partial charge in [0.2, 0.25) is 0 Å². The Morgan fingerprint density at radius 1 is 1.17 bits per heavy atom. The van der Waals surface area contributed by atoms with E-state index in [0.29, 0.717) is 6.04 Å². The summed E-state index contributed by atoms with van der Waals surface area (Å²) in [7, 11) is 2.20. The maximum Gasteiger partial charge on any atom is 0.124 e. The fourth-order valence-electron chi connectivity index (χ4n) is 4.54. The molecule has 0 radical (unpaired) electrons. The highest BCUT2D eigenvalue weighted by Crippen LogP contribution is 2.44. The number of hydrogen-bond acceptors (Lipinski definition) is 4. The number of piperidine rings is 1. The van der Waals surface area contributed by atoms with Gasteiger partial charge in [-0.25, -0.2) is 0 Å². The van der Waals surface area contributed by atoms with Crippen LogP contribution < -0.4 is 14.8 Å². The predicted molar refractivity (Wildman–Crippen MR) is 118 cm³/mol. The Kier molecular flexibility index (Phi) is 6.12. The zero-order chi connectivity index (χ0) is 20.3. The lowest BCUT2D eigenvalue weighted by atomic mass is 9.80. The zero-order valence-corrected chi connectivity index (χ0v) is 18.0. The van der Waals surface area contributed by atoms with Crippen molar-refractivity contribution in [3.63, 3.8) is 0 Å². The Labute approximate surface area is 175 Å². The van der Waals surface area contributed by atoms with Crippen molar-refractivity contribution in [1.82, 2.24) is 10.2 Å². The van der Waals surface area contributed by atoms with E-state index in [1.54, 1.807) is 0 Å². The van der Waals surface area contributed by atoms with Crippen LogP contribution in [0.3, 0.4) is 0 Å². The van der Waals surface area contributed by atoms with Crippen LogP contribution in [-0.2, 0) is 6.54 Å². The summed E-state index contributed by atoms with van der Waals surface area (Å²) < 4.78 is 12.4. The van der Waals surface area contributed by atoms with Crippen LogP contribution in [-0.4, -0.2) is 37.2 Å². The van der Waals surface area contributed by atoms with E-state index in [1.807, 2.05) is 0 Å². The van der Waals surface area contributed by atoms with Gasteiger partial charge < -0.3 is 19.7 Å². The molecule has 0 saturated carbocycles. The first-order chi connectivity index (χ1) is 14.1. The van der Waals surface area contributed by atoms with Gasteiger partial charge in [0.05, 0.1) is 6.61 Å². The number of nitrogens with zero attached hydrogens (tertiary/aromatic N) is 1. The Morgan fingerprint density at radius 3 is 2.72 bits per heavy atom. The van der Waals surface area contributed by atoms with Crippen molar-refractivity contribution in [2.24, 2.45) is 0 Å². The molecule has 2 aromatic rings. The number of benzene rings is 2. The van der Waals surface area contributed by atoms with Gasteiger partial charge in [-0.15, -0.1) is 0 Å². The highest BCUT2D eigenvalue weighted by molar-refractivity contribution is 5.40. The number of fused-ring (bicyclic) bond motifs is 1. The maximum absolute atomic E-state index is 6.58. The molecule has 1 unspecified atom stereocenters. The molecule has 29 heavy (non-hydrogen) atoms. The molecule has 0 aromatic heterocycles. The molecular formula is C25H34N2O2. The topological polar surface area (TPSA) is 33.7 Å². The quantitative estimate of drug-likeness (QED) is 0.758. The number of hydrogen-bond donors (Lipinski definition) is 1. The largest absolute Gasteiger partial charge is 0.494 e. The van der Waals surface area contributed by atoms with Crippen molar-refractivity contribution in [3.05, 3.63) is 59.2 Å². The third-order valence-electron chi connectivity index (χ3n) is 6.42. The van der Waals surface area contributed by atoms with Gasteiger partial charge in [-0.3, -0.25) is 0 Å². The lowest BCUT2D eigenvalue weighted by molar-refractivity contribution is -0.0204. The summed E-state index contributed by atoms with van der Waals surface area (Å²) in [6.45, 7) is 8.14. The first kappa shape index (κ1) is 20.2. The van der Waals surface area contributed by atoms with Crippen molar-refractivity contribution < 1.29 is 9.47 Å². The highest BCUT2D eigenvalue weighted by atomic mass is 16.5. The minimum absolute atomic E-state index is 0.0363. The number of rotatable bonds is 6. The van der Waals surface area contributed by atoms with Crippen molar-refractivity contribution >= 4 is 0 Å². The Morgan fingerprint density at radius 2 is 1.97 bits per heavy atom. The Hall–Kier alpha value is -2.04. The predicted octanol–water partition coefficient (Wildman–Crippen LogP) is 4.86. The van der Waals surface area contributed by atoms with Gasteiger partial charge in [-0.05, 0) is 62.6 Å². The second kappa shape index (κ2) is 8.76. The van der Waals surface area contributed by atoms with Gasteiger partial charge in [0.25, 0.3) is 0 Å². The average molecular weight is 395 g/mol. The Balaban J connectivity index is 1.49. The molecule has 156 valence electrons. The molecule has 1 atom stereocenters. The van der Waals surface area contributed by atoms with Gasteiger partial charge >= 0.3 is 0 Å². The molecule has 1 saturated heterocycles. The first-order valence-corrected chi connectivity index (χ1v) is 11.0. The highest BCUT2D eigenvalue weighted by Gasteiger charge is 2.42. The molecule has 2 aliphatic rings. The van der Waals surface area contributed by atoms with E-state index >= 15 is 0 Å². The van der Waals surface area contributed by atoms with Gasteiger partial charge in [-0.2, -0.15) is 0 Å². The van der Waals surface area contributed by atoms with Crippen molar-refractivity contribution in [2.45, 2.75) is 57.7 Å². The average Bonchev–Trinajstić information content (AvgIpc) is 2.73. The Bertz CT molecular complexity index is 827. The minimum Gasteiger partial charge on any atom is -0.494 e. The lowest BCUT2D eigenvalue weighted by Gasteiger charge is -2.46. The summed E-state index contributed by atoms with van der Waals surface area (Å²) in [5.41, 5.74) is 3.86. The van der Waals surface area contributed by atoms with Crippen LogP contribution in [0.4, 0.5) is 0 Å². The molecule has 0 bridgehead atoms. The van der Waals surface area contributed by atoms with Crippen LogP contribution in [0.5, 0.6) is 11.5 Å². The fraction of sp³-hybridized carbons (Fsp3) is 0.520. The van der Waals surface area contributed by atoms with Crippen LogP contribution in [0.15, 0.2) is 42.5 Å². The van der Waals surface area contributed by atoms with Gasteiger partial charge in [0.15, 0.2) is 0 Å². The number of aryl methyl sites for hydroxylation is 1. The smallest absolute Gasteiger partial charge is 0.124 e.